The van der Waals surface area contributed by atoms with Gasteiger partial charge in [0, 0.05) is 3.57 Å². The largest absolute Gasteiger partial charge is 0.100 e. The fourth-order valence-corrected chi connectivity index (χ4v) is 1.73. The van der Waals surface area contributed by atoms with Crippen molar-refractivity contribution in [1.29, 1.82) is 0 Å². The lowest BCUT2D eigenvalue weighted by atomic mass is 10.1. The fourth-order valence-electron chi connectivity index (χ4n) is 1.15. The van der Waals surface area contributed by atoms with E-state index in [1.54, 1.807) is 0 Å². The highest BCUT2D eigenvalue weighted by atomic mass is 127. The Bertz CT molecular complexity index is 313. The minimum atomic E-state index is 1.10. The van der Waals surface area contributed by atoms with Gasteiger partial charge in [-0.1, -0.05) is 17.7 Å². The van der Waals surface area contributed by atoms with Crippen molar-refractivity contribution < 1.29 is 0 Å². The van der Waals surface area contributed by atoms with Crippen molar-refractivity contribution >= 4 is 22.6 Å². The van der Waals surface area contributed by atoms with Crippen molar-refractivity contribution in [3.63, 3.8) is 0 Å². The molecule has 0 heterocycles. The van der Waals surface area contributed by atoms with Gasteiger partial charge < -0.3 is 0 Å². The van der Waals surface area contributed by atoms with Crippen LogP contribution in [-0.2, 0) is 6.42 Å². The van der Waals surface area contributed by atoms with Gasteiger partial charge >= 0.3 is 0 Å². The molecule has 0 radical (unpaired) electrons. The molecule has 0 amide bonds. The molecular weight excluding hydrogens is 271 g/mol. The van der Waals surface area contributed by atoms with Crippen LogP contribution in [0.15, 0.2) is 30.4 Å². The van der Waals surface area contributed by atoms with Crippen LogP contribution in [0.5, 0.6) is 0 Å². The predicted octanol–water partition coefficient (Wildman–Crippen LogP) is 4.11. The first kappa shape index (κ1) is 10.8. The van der Waals surface area contributed by atoms with Crippen molar-refractivity contribution in [3.8, 4) is 0 Å². The monoisotopic (exact) mass is 286 g/mol. The molecule has 0 saturated carbocycles. The van der Waals surface area contributed by atoms with Crippen molar-refractivity contribution in [1.82, 2.24) is 0 Å². The Labute approximate surface area is 94.2 Å². The lowest BCUT2D eigenvalue weighted by Gasteiger charge is -2.03. The smallest absolute Gasteiger partial charge is 0.0162 e. The molecule has 1 aromatic rings. The van der Waals surface area contributed by atoms with E-state index in [0.717, 1.165) is 12.8 Å². The van der Waals surface area contributed by atoms with Crippen LogP contribution in [0.2, 0.25) is 0 Å². The van der Waals surface area contributed by atoms with Crippen molar-refractivity contribution in [2.75, 3.05) is 0 Å². The van der Waals surface area contributed by atoms with Crippen molar-refractivity contribution in [2.45, 2.75) is 26.7 Å². The van der Waals surface area contributed by atoms with E-state index in [9.17, 15) is 0 Å². The maximum atomic E-state index is 3.91. The Balaban J connectivity index is 2.68. The third kappa shape index (κ3) is 3.51. The number of aryl methyl sites for hydroxylation is 2. The summed E-state index contributed by atoms with van der Waals surface area (Å²) in [7, 11) is 0. The van der Waals surface area contributed by atoms with E-state index in [1.165, 1.54) is 20.3 Å². The van der Waals surface area contributed by atoms with Crippen LogP contribution in [-0.4, -0.2) is 0 Å². The van der Waals surface area contributed by atoms with Gasteiger partial charge in [-0.25, -0.2) is 0 Å². The standard InChI is InChI=1S/C12H15I/c1-9(2)4-6-11-7-5-10(3)12(13)8-11/h5,7-8H,1,4,6H2,2-3H3. The SMILES string of the molecule is C=C(C)CCc1ccc(C)c(I)c1. The topological polar surface area (TPSA) is 0 Å². The molecule has 0 aliphatic heterocycles. The zero-order valence-corrected chi connectivity index (χ0v) is 10.4. The number of allylic oxidation sites excluding steroid dienone is 1. The molecular formula is C12H15I. The van der Waals surface area contributed by atoms with E-state index in [4.69, 9.17) is 0 Å². The molecule has 0 saturated heterocycles. The molecule has 0 aromatic heterocycles. The summed E-state index contributed by atoms with van der Waals surface area (Å²) >= 11 is 2.38. The first-order valence-electron chi connectivity index (χ1n) is 4.49. The molecule has 1 aromatic carbocycles. The summed E-state index contributed by atoms with van der Waals surface area (Å²) in [5, 5.41) is 0. The van der Waals surface area contributed by atoms with Gasteiger partial charge in [0.15, 0.2) is 0 Å². The van der Waals surface area contributed by atoms with Gasteiger partial charge in [0.05, 0.1) is 0 Å². The van der Waals surface area contributed by atoms with E-state index < -0.39 is 0 Å². The van der Waals surface area contributed by atoms with Gasteiger partial charge in [-0.2, -0.15) is 0 Å². The first-order chi connectivity index (χ1) is 6.09. The lowest BCUT2D eigenvalue weighted by Crippen LogP contribution is -1.88. The second-order valence-corrected chi connectivity index (χ2v) is 4.70. The van der Waals surface area contributed by atoms with Gasteiger partial charge in [0.1, 0.15) is 0 Å². The van der Waals surface area contributed by atoms with Gasteiger partial charge in [0.25, 0.3) is 0 Å². The molecule has 0 nitrogen and oxygen atoms in total. The first-order valence-corrected chi connectivity index (χ1v) is 5.57. The maximum absolute atomic E-state index is 3.91. The van der Waals surface area contributed by atoms with E-state index in [-0.39, 0.29) is 0 Å². The number of hydrogen-bond acceptors (Lipinski definition) is 0. The third-order valence-electron chi connectivity index (χ3n) is 2.08. The Morgan fingerprint density at radius 3 is 2.69 bits per heavy atom. The zero-order valence-electron chi connectivity index (χ0n) is 8.23. The molecule has 0 aliphatic rings. The van der Waals surface area contributed by atoms with Gasteiger partial charge in [-0.15, -0.1) is 6.58 Å². The molecule has 70 valence electrons. The molecule has 0 spiro atoms. The highest BCUT2D eigenvalue weighted by Crippen LogP contribution is 2.15. The van der Waals surface area contributed by atoms with Crippen LogP contribution in [0, 0.1) is 10.5 Å². The van der Waals surface area contributed by atoms with Crippen LogP contribution in [0.4, 0.5) is 0 Å². The van der Waals surface area contributed by atoms with E-state index in [2.05, 4.69) is 61.2 Å². The average molecular weight is 286 g/mol. The van der Waals surface area contributed by atoms with Crippen LogP contribution >= 0.6 is 22.6 Å². The fraction of sp³-hybridized carbons (Fsp3) is 0.333. The summed E-state index contributed by atoms with van der Waals surface area (Å²) in [5.74, 6) is 0. The van der Waals surface area contributed by atoms with E-state index >= 15 is 0 Å². The minimum Gasteiger partial charge on any atom is -0.100 e. The number of benzene rings is 1. The summed E-state index contributed by atoms with van der Waals surface area (Å²) < 4.78 is 1.36. The van der Waals surface area contributed by atoms with Crippen LogP contribution in [0.25, 0.3) is 0 Å². The predicted molar refractivity (Wildman–Crippen MR) is 67.0 cm³/mol. The van der Waals surface area contributed by atoms with Crippen LogP contribution in [0.3, 0.4) is 0 Å². The molecule has 0 N–H and O–H groups in total. The number of hydrogen-bond donors (Lipinski definition) is 0. The highest BCUT2D eigenvalue weighted by Gasteiger charge is 1.97. The summed E-state index contributed by atoms with van der Waals surface area (Å²) in [6.07, 6.45) is 2.21. The average Bonchev–Trinajstić information content (AvgIpc) is 2.07. The minimum absolute atomic E-state index is 1.10. The summed E-state index contributed by atoms with van der Waals surface area (Å²) in [5.41, 5.74) is 4.04. The Kier molecular flexibility index (Phi) is 3.97. The Morgan fingerprint density at radius 2 is 2.15 bits per heavy atom. The van der Waals surface area contributed by atoms with Gasteiger partial charge in [-0.3, -0.25) is 0 Å². The second-order valence-electron chi connectivity index (χ2n) is 3.54. The van der Waals surface area contributed by atoms with Crippen molar-refractivity contribution in [2.24, 2.45) is 0 Å². The molecule has 1 heteroatoms. The normalized spacial score (nSPS) is 10.1. The molecule has 0 fully saturated rings. The zero-order chi connectivity index (χ0) is 9.84. The van der Waals surface area contributed by atoms with Crippen LogP contribution < -0.4 is 0 Å². The third-order valence-corrected chi connectivity index (χ3v) is 3.24. The molecule has 0 bridgehead atoms. The molecule has 0 unspecified atom stereocenters. The van der Waals surface area contributed by atoms with Crippen molar-refractivity contribution in [3.05, 3.63) is 45.0 Å². The van der Waals surface area contributed by atoms with Crippen LogP contribution in [0.1, 0.15) is 24.5 Å². The Hall–Kier alpha value is -0.310. The summed E-state index contributed by atoms with van der Waals surface area (Å²) in [6.45, 7) is 8.13. The van der Waals surface area contributed by atoms with E-state index in [1.807, 2.05) is 0 Å². The molecule has 0 aliphatic carbocycles. The quantitative estimate of drug-likeness (QED) is 0.579. The molecule has 13 heavy (non-hydrogen) atoms. The van der Waals surface area contributed by atoms with Gasteiger partial charge in [-0.05, 0) is 66.5 Å². The second kappa shape index (κ2) is 4.80. The highest BCUT2D eigenvalue weighted by molar-refractivity contribution is 14.1. The number of rotatable bonds is 3. The molecule has 0 atom stereocenters. The summed E-state index contributed by atoms with van der Waals surface area (Å²) in [4.78, 5) is 0. The van der Waals surface area contributed by atoms with Gasteiger partial charge in [0.2, 0.25) is 0 Å². The Morgan fingerprint density at radius 1 is 1.46 bits per heavy atom. The lowest BCUT2D eigenvalue weighted by molar-refractivity contribution is 0.944. The van der Waals surface area contributed by atoms with E-state index in [0.29, 0.717) is 0 Å². The number of halogens is 1. The molecule has 1 rings (SSSR count). The summed E-state index contributed by atoms with van der Waals surface area (Å²) in [6, 6.07) is 6.66. The maximum Gasteiger partial charge on any atom is 0.0162 e.